The molecule has 138 valence electrons. The van der Waals surface area contributed by atoms with Gasteiger partial charge in [0.25, 0.3) is 5.91 Å². The first-order valence-electron chi connectivity index (χ1n) is 8.73. The molecular weight excluding hydrogens is 344 g/mol. The monoisotopic (exact) mass is 364 g/mol. The molecule has 0 bridgehead atoms. The molecule has 3 rings (SSSR count). The Labute approximate surface area is 157 Å². The molecule has 0 fully saturated rings. The van der Waals surface area contributed by atoms with Gasteiger partial charge in [0.05, 0.1) is 11.6 Å². The van der Waals surface area contributed by atoms with Crippen molar-refractivity contribution in [2.45, 2.75) is 32.4 Å². The molecule has 0 saturated heterocycles. The summed E-state index contributed by atoms with van der Waals surface area (Å²) in [5.41, 5.74) is 2.48. The first kappa shape index (κ1) is 18.5. The Bertz CT molecular complexity index is 886. The van der Waals surface area contributed by atoms with Gasteiger partial charge >= 0.3 is 5.97 Å². The van der Waals surface area contributed by atoms with E-state index in [0.29, 0.717) is 11.3 Å². The molecule has 2 aromatic rings. The Kier molecular flexibility index (Phi) is 5.41. The quantitative estimate of drug-likeness (QED) is 0.762. The van der Waals surface area contributed by atoms with E-state index in [4.69, 9.17) is 14.7 Å². The van der Waals surface area contributed by atoms with Crippen LogP contribution in [0.5, 0.6) is 5.75 Å². The van der Waals surface area contributed by atoms with Crippen LogP contribution in [0.15, 0.2) is 48.5 Å². The minimum Gasteiger partial charge on any atom is -0.479 e. The fourth-order valence-corrected chi connectivity index (χ4v) is 3.13. The number of carbonyl (C=O) groups is 2. The number of rotatable bonds is 5. The lowest BCUT2D eigenvalue weighted by molar-refractivity contribution is -0.154. The number of amides is 1. The Balaban J connectivity index is 1.55. The maximum atomic E-state index is 12.6. The number of hydrogen-bond acceptors (Lipinski definition) is 5. The van der Waals surface area contributed by atoms with Crippen LogP contribution in [-0.4, -0.2) is 30.6 Å². The summed E-state index contributed by atoms with van der Waals surface area (Å²) in [5, 5.41) is 8.79. The number of hydrogen-bond donors (Lipinski definition) is 0. The topological polar surface area (TPSA) is 79.6 Å². The molecule has 6 heteroatoms. The molecule has 0 unspecified atom stereocenters. The largest absolute Gasteiger partial charge is 0.479 e. The third-order valence-corrected chi connectivity index (χ3v) is 4.44. The van der Waals surface area contributed by atoms with Crippen LogP contribution >= 0.6 is 0 Å². The SMILES string of the molecule is C[C@H](Oc1ccc(C#N)cc1)C(=O)OCC(=O)N1c2ccccc2C[C@H]1C. The molecule has 2 aromatic carbocycles. The second kappa shape index (κ2) is 7.92. The van der Waals surface area contributed by atoms with Gasteiger partial charge in [0, 0.05) is 11.7 Å². The van der Waals surface area contributed by atoms with E-state index in [1.807, 2.05) is 37.3 Å². The highest BCUT2D eigenvalue weighted by molar-refractivity contribution is 5.97. The lowest BCUT2D eigenvalue weighted by Crippen LogP contribution is -2.39. The van der Waals surface area contributed by atoms with Crippen LogP contribution in [0.3, 0.4) is 0 Å². The van der Waals surface area contributed by atoms with E-state index in [9.17, 15) is 9.59 Å². The van der Waals surface area contributed by atoms with Crippen molar-refractivity contribution in [3.63, 3.8) is 0 Å². The second-order valence-electron chi connectivity index (χ2n) is 6.45. The van der Waals surface area contributed by atoms with Crippen LogP contribution in [0, 0.1) is 11.3 Å². The second-order valence-corrected chi connectivity index (χ2v) is 6.45. The summed E-state index contributed by atoms with van der Waals surface area (Å²) in [6.07, 6.45) is -0.0809. The number of ether oxygens (including phenoxy) is 2. The molecule has 1 heterocycles. The van der Waals surface area contributed by atoms with Gasteiger partial charge in [-0.3, -0.25) is 4.79 Å². The molecule has 0 aliphatic carbocycles. The minimum atomic E-state index is -0.867. The summed E-state index contributed by atoms with van der Waals surface area (Å²) >= 11 is 0. The molecular formula is C21H20N2O4. The van der Waals surface area contributed by atoms with Gasteiger partial charge in [-0.25, -0.2) is 4.79 Å². The van der Waals surface area contributed by atoms with Crippen LogP contribution in [-0.2, 0) is 20.7 Å². The predicted octanol–water partition coefficient (Wildman–Crippen LogP) is 2.85. The number of anilines is 1. The van der Waals surface area contributed by atoms with E-state index in [1.165, 1.54) is 0 Å². The van der Waals surface area contributed by atoms with Crippen molar-refractivity contribution in [3.05, 3.63) is 59.7 Å². The third-order valence-electron chi connectivity index (χ3n) is 4.44. The van der Waals surface area contributed by atoms with Crippen LogP contribution in [0.25, 0.3) is 0 Å². The van der Waals surface area contributed by atoms with Gasteiger partial charge in [-0.15, -0.1) is 0 Å². The number of para-hydroxylation sites is 1. The molecule has 0 N–H and O–H groups in total. The fourth-order valence-electron chi connectivity index (χ4n) is 3.13. The number of nitriles is 1. The minimum absolute atomic E-state index is 0.0286. The summed E-state index contributed by atoms with van der Waals surface area (Å²) in [4.78, 5) is 26.4. The molecule has 0 spiro atoms. The van der Waals surface area contributed by atoms with Crippen molar-refractivity contribution in [2.75, 3.05) is 11.5 Å². The van der Waals surface area contributed by atoms with Crippen LogP contribution in [0.4, 0.5) is 5.69 Å². The molecule has 27 heavy (non-hydrogen) atoms. The van der Waals surface area contributed by atoms with Crippen LogP contribution in [0.1, 0.15) is 25.0 Å². The van der Waals surface area contributed by atoms with E-state index in [-0.39, 0.29) is 18.6 Å². The van der Waals surface area contributed by atoms with Gasteiger partial charge in [0.1, 0.15) is 5.75 Å². The van der Waals surface area contributed by atoms with Gasteiger partial charge in [-0.1, -0.05) is 18.2 Å². The first-order chi connectivity index (χ1) is 13.0. The molecule has 1 aliphatic heterocycles. The summed E-state index contributed by atoms with van der Waals surface area (Å²) in [5.74, 6) is -0.425. The normalized spacial score (nSPS) is 16.2. The average Bonchev–Trinajstić information content (AvgIpc) is 3.02. The Morgan fingerprint density at radius 3 is 2.63 bits per heavy atom. The maximum Gasteiger partial charge on any atom is 0.347 e. The maximum absolute atomic E-state index is 12.6. The van der Waals surface area contributed by atoms with Crippen molar-refractivity contribution in [1.29, 1.82) is 5.26 Å². The lowest BCUT2D eigenvalue weighted by Gasteiger charge is -2.23. The van der Waals surface area contributed by atoms with Crippen LogP contribution < -0.4 is 9.64 Å². The predicted molar refractivity (Wildman–Crippen MR) is 99.3 cm³/mol. The summed E-state index contributed by atoms with van der Waals surface area (Å²) in [6, 6.07) is 16.2. The van der Waals surface area contributed by atoms with E-state index in [2.05, 4.69) is 0 Å². The zero-order valence-corrected chi connectivity index (χ0v) is 15.2. The highest BCUT2D eigenvalue weighted by Gasteiger charge is 2.31. The number of fused-ring (bicyclic) bond motifs is 1. The Morgan fingerprint density at radius 1 is 1.22 bits per heavy atom. The Hall–Kier alpha value is -3.33. The van der Waals surface area contributed by atoms with Gasteiger partial charge in [0.15, 0.2) is 12.7 Å². The van der Waals surface area contributed by atoms with Crippen molar-refractivity contribution in [2.24, 2.45) is 0 Å². The Morgan fingerprint density at radius 2 is 1.93 bits per heavy atom. The van der Waals surface area contributed by atoms with Crippen LogP contribution in [0.2, 0.25) is 0 Å². The zero-order chi connectivity index (χ0) is 19.4. The van der Waals surface area contributed by atoms with Gasteiger partial charge in [-0.05, 0) is 56.2 Å². The smallest absolute Gasteiger partial charge is 0.347 e. The standard InChI is InChI=1S/C21H20N2O4/c1-14-11-17-5-3-4-6-19(17)23(14)20(24)13-26-21(25)15(2)27-18-9-7-16(12-22)8-10-18/h3-10,14-15H,11,13H2,1-2H3/t14-,15+/m1/s1. The molecule has 2 atom stereocenters. The summed E-state index contributed by atoms with van der Waals surface area (Å²) < 4.78 is 10.7. The highest BCUT2D eigenvalue weighted by atomic mass is 16.6. The van der Waals surface area contributed by atoms with Gasteiger partial charge < -0.3 is 14.4 Å². The van der Waals surface area contributed by atoms with E-state index >= 15 is 0 Å². The first-order valence-corrected chi connectivity index (χ1v) is 8.73. The van der Waals surface area contributed by atoms with E-state index in [1.54, 1.807) is 36.1 Å². The number of esters is 1. The lowest BCUT2D eigenvalue weighted by atomic mass is 10.1. The fraction of sp³-hybridized carbons (Fsp3) is 0.286. The number of nitrogens with zero attached hydrogens (tertiary/aromatic N) is 2. The highest BCUT2D eigenvalue weighted by Crippen LogP contribution is 2.31. The summed E-state index contributed by atoms with van der Waals surface area (Å²) in [6.45, 7) is 3.19. The molecule has 1 aliphatic rings. The van der Waals surface area contributed by atoms with Crippen molar-refractivity contribution >= 4 is 17.6 Å². The molecule has 0 aromatic heterocycles. The zero-order valence-electron chi connectivity index (χ0n) is 15.2. The van der Waals surface area contributed by atoms with Gasteiger partial charge in [-0.2, -0.15) is 5.26 Å². The number of benzene rings is 2. The molecule has 6 nitrogen and oxygen atoms in total. The molecule has 0 radical (unpaired) electrons. The van der Waals surface area contributed by atoms with Crippen molar-refractivity contribution < 1.29 is 19.1 Å². The van der Waals surface area contributed by atoms with Crippen molar-refractivity contribution in [3.8, 4) is 11.8 Å². The molecule has 0 saturated carbocycles. The van der Waals surface area contributed by atoms with Crippen molar-refractivity contribution in [1.82, 2.24) is 0 Å². The summed E-state index contributed by atoms with van der Waals surface area (Å²) in [7, 11) is 0. The van der Waals surface area contributed by atoms with Gasteiger partial charge in [0.2, 0.25) is 0 Å². The number of carbonyl (C=O) groups excluding carboxylic acids is 2. The van der Waals surface area contributed by atoms with E-state index in [0.717, 1.165) is 17.7 Å². The third kappa shape index (κ3) is 4.09. The van der Waals surface area contributed by atoms with E-state index < -0.39 is 12.1 Å². The average molecular weight is 364 g/mol. The molecule has 1 amide bonds.